The van der Waals surface area contributed by atoms with Gasteiger partial charge in [-0.15, -0.1) is 11.3 Å². The number of carboxylic acids is 1. The van der Waals surface area contributed by atoms with E-state index in [2.05, 4.69) is 10.6 Å². The maximum absolute atomic E-state index is 12.2. The van der Waals surface area contributed by atoms with E-state index >= 15 is 0 Å². The van der Waals surface area contributed by atoms with Crippen LogP contribution >= 0.6 is 11.3 Å². The van der Waals surface area contributed by atoms with Gasteiger partial charge in [0.2, 0.25) is 11.8 Å². The summed E-state index contributed by atoms with van der Waals surface area (Å²) in [6.07, 6.45) is 0.0568. The Balaban J connectivity index is 1.97. The van der Waals surface area contributed by atoms with Crippen molar-refractivity contribution in [1.82, 2.24) is 10.6 Å². The number of nitrogens with one attached hydrogen (secondary N) is 2. The highest BCUT2D eigenvalue weighted by Gasteiger charge is 2.22. The highest BCUT2D eigenvalue weighted by Crippen LogP contribution is 2.22. The Morgan fingerprint density at radius 2 is 1.84 bits per heavy atom. The van der Waals surface area contributed by atoms with Crippen LogP contribution in [0, 0.1) is 0 Å². The zero-order valence-corrected chi connectivity index (χ0v) is 14.6. The molecule has 1 aromatic carbocycles. The minimum atomic E-state index is -0.997. The molecular weight excluding hydrogens is 340 g/mol. The summed E-state index contributed by atoms with van der Waals surface area (Å²) >= 11 is 1.45. The molecule has 6 nitrogen and oxygen atoms in total. The molecule has 0 fully saturated rings. The van der Waals surface area contributed by atoms with Crippen molar-refractivity contribution in [2.24, 2.45) is 0 Å². The van der Waals surface area contributed by atoms with E-state index < -0.39 is 17.9 Å². The molecule has 132 valence electrons. The molecule has 2 aromatic rings. The van der Waals surface area contributed by atoms with Gasteiger partial charge in [0.25, 0.3) is 0 Å². The summed E-state index contributed by atoms with van der Waals surface area (Å²) in [6.45, 7) is 1.39. The lowest BCUT2D eigenvalue weighted by molar-refractivity contribution is -0.138. The molecule has 0 aliphatic carbocycles. The average molecular weight is 360 g/mol. The molecule has 2 unspecified atom stereocenters. The Morgan fingerprint density at radius 1 is 1.12 bits per heavy atom. The molecule has 0 spiro atoms. The molecule has 1 heterocycles. The maximum Gasteiger partial charge on any atom is 0.312 e. The molecular formula is C18H20N2O4S. The van der Waals surface area contributed by atoms with E-state index in [0.717, 1.165) is 4.88 Å². The predicted octanol–water partition coefficient (Wildman–Crippen LogP) is 2.30. The van der Waals surface area contributed by atoms with Crippen molar-refractivity contribution >= 4 is 29.1 Å². The number of thiophene rings is 1. The highest BCUT2D eigenvalue weighted by molar-refractivity contribution is 7.10. The van der Waals surface area contributed by atoms with Crippen molar-refractivity contribution in [3.05, 3.63) is 58.3 Å². The number of hydrogen-bond acceptors (Lipinski definition) is 4. The van der Waals surface area contributed by atoms with Crippen LogP contribution in [0.3, 0.4) is 0 Å². The Morgan fingerprint density at radius 3 is 2.40 bits per heavy atom. The Hall–Kier alpha value is -2.67. The number of hydrogen-bond donors (Lipinski definition) is 3. The third-order valence-electron chi connectivity index (χ3n) is 3.66. The molecule has 0 aliphatic heterocycles. The minimum absolute atomic E-state index is 0.00455. The van der Waals surface area contributed by atoms with E-state index in [9.17, 15) is 19.5 Å². The number of amides is 2. The summed E-state index contributed by atoms with van der Waals surface area (Å²) in [5.41, 5.74) is 0.631. The van der Waals surface area contributed by atoms with Crippen LogP contribution in [-0.2, 0) is 14.4 Å². The number of carbonyl (C=O) groups excluding carboxylic acids is 2. The van der Waals surface area contributed by atoms with Crippen LogP contribution in [0.2, 0.25) is 0 Å². The van der Waals surface area contributed by atoms with Crippen molar-refractivity contribution in [1.29, 1.82) is 0 Å². The average Bonchev–Trinajstić information content (AvgIpc) is 3.09. The van der Waals surface area contributed by atoms with Crippen LogP contribution in [0.25, 0.3) is 0 Å². The normalized spacial score (nSPS) is 12.8. The van der Waals surface area contributed by atoms with Crippen LogP contribution in [-0.4, -0.2) is 29.4 Å². The van der Waals surface area contributed by atoms with Gasteiger partial charge in [0, 0.05) is 18.3 Å². The molecule has 1 aromatic heterocycles. The molecule has 2 atom stereocenters. The lowest BCUT2D eigenvalue weighted by Gasteiger charge is -2.18. The first-order chi connectivity index (χ1) is 12.0. The first-order valence-corrected chi connectivity index (χ1v) is 8.70. The summed E-state index contributed by atoms with van der Waals surface area (Å²) in [5, 5.41) is 16.7. The van der Waals surface area contributed by atoms with E-state index in [0.29, 0.717) is 5.56 Å². The molecule has 2 amide bonds. The van der Waals surface area contributed by atoms with Crippen molar-refractivity contribution in [3.8, 4) is 0 Å². The smallest absolute Gasteiger partial charge is 0.312 e. The molecule has 7 heteroatoms. The van der Waals surface area contributed by atoms with Crippen molar-refractivity contribution < 1.29 is 19.5 Å². The predicted molar refractivity (Wildman–Crippen MR) is 95.3 cm³/mol. The summed E-state index contributed by atoms with van der Waals surface area (Å²) in [6, 6.07) is 12.0. The van der Waals surface area contributed by atoms with Crippen molar-refractivity contribution in [2.45, 2.75) is 25.3 Å². The fourth-order valence-electron chi connectivity index (χ4n) is 2.46. The lowest BCUT2D eigenvalue weighted by Crippen LogP contribution is -2.35. The summed E-state index contributed by atoms with van der Waals surface area (Å²) < 4.78 is 0. The van der Waals surface area contributed by atoms with Gasteiger partial charge in [0.15, 0.2) is 0 Å². The standard InChI is InChI=1S/C18H20N2O4S/c1-12(21)20-15(16-8-5-9-25-16)10-17(22)19-11-14(18(23)24)13-6-3-2-4-7-13/h2-9,14-15H,10-11H2,1H3,(H,19,22)(H,20,21)(H,23,24). The number of aliphatic carboxylic acids is 1. The first kappa shape index (κ1) is 18.7. The summed E-state index contributed by atoms with van der Waals surface area (Å²) in [4.78, 5) is 35.9. The molecule has 3 N–H and O–H groups in total. The lowest BCUT2D eigenvalue weighted by atomic mass is 9.99. The molecule has 0 saturated heterocycles. The second-order valence-corrected chi connectivity index (χ2v) is 6.56. The Bertz CT molecular complexity index is 716. The van der Waals surface area contributed by atoms with Crippen LogP contribution in [0.5, 0.6) is 0 Å². The Kier molecular flexibility index (Phi) is 6.71. The quantitative estimate of drug-likeness (QED) is 0.673. The van der Waals surface area contributed by atoms with E-state index in [1.54, 1.807) is 30.3 Å². The van der Waals surface area contributed by atoms with Crippen LogP contribution in [0.15, 0.2) is 47.8 Å². The van der Waals surface area contributed by atoms with E-state index in [1.807, 2.05) is 17.5 Å². The van der Waals surface area contributed by atoms with Gasteiger partial charge in [-0.2, -0.15) is 0 Å². The van der Waals surface area contributed by atoms with Gasteiger partial charge >= 0.3 is 5.97 Å². The molecule has 0 saturated carbocycles. The topological polar surface area (TPSA) is 95.5 Å². The van der Waals surface area contributed by atoms with E-state index in [1.165, 1.54) is 18.3 Å². The van der Waals surface area contributed by atoms with Gasteiger partial charge in [0.05, 0.1) is 18.4 Å². The largest absolute Gasteiger partial charge is 0.481 e. The van der Waals surface area contributed by atoms with Gasteiger partial charge in [0.1, 0.15) is 0 Å². The fraction of sp³-hybridized carbons (Fsp3) is 0.278. The molecule has 0 radical (unpaired) electrons. The summed E-state index contributed by atoms with van der Waals surface area (Å²) in [5.74, 6) is -2.34. The first-order valence-electron chi connectivity index (χ1n) is 7.82. The van der Waals surface area contributed by atoms with Crippen LogP contribution < -0.4 is 10.6 Å². The second-order valence-electron chi connectivity index (χ2n) is 5.58. The van der Waals surface area contributed by atoms with E-state index in [4.69, 9.17) is 0 Å². The number of benzene rings is 1. The second kappa shape index (κ2) is 8.98. The van der Waals surface area contributed by atoms with Gasteiger partial charge in [-0.3, -0.25) is 14.4 Å². The molecule has 25 heavy (non-hydrogen) atoms. The number of carboxylic acid groups (broad SMARTS) is 1. The summed E-state index contributed by atoms with van der Waals surface area (Å²) in [7, 11) is 0. The zero-order valence-electron chi connectivity index (χ0n) is 13.8. The van der Waals surface area contributed by atoms with Gasteiger partial charge in [-0.1, -0.05) is 36.4 Å². The molecule has 0 bridgehead atoms. The minimum Gasteiger partial charge on any atom is -0.481 e. The van der Waals surface area contributed by atoms with Crippen molar-refractivity contribution in [2.75, 3.05) is 6.54 Å². The maximum atomic E-state index is 12.2. The third-order valence-corrected chi connectivity index (χ3v) is 4.64. The number of rotatable bonds is 8. The monoisotopic (exact) mass is 360 g/mol. The van der Waals surface area contributed by atoms with E-state index in [-0.39, 0.29) is 24.8 Å². The number of carbonyl (C=O) groups is 3. The fourth-order valence-corrected chi connectivity index (χ4v) is 3.24. The van der Waals surface area contributed by atoms with Gasteiger partial charge < -0.3 is 15.7 Å². The van der Waals surface area contributed by atoms with Gasteiger partial charge in [-0.25, -0.2) is 0 Å². The highest BCUT2D eigenvalue weighted by atomic mass is 32.1. The van der Waals surface area contributed by atoms with Gasteiger partial charge in [-0.05, 0) is 17.0 Å². The molecule has 2 rings (SSSR count). The van der Waals surface area contributed by atoms with Crippen molar-refractivity contribution in [3.63, 3.8) is 0 Å². The molecule has 0 aliphatic rings. The third kappa shape index (κ3) is 5.72. The zero-order chi connectivity index (χ0) is 18.2. The SMILES string of the molecule is CC(=O)NC(CC(=O)NCC(C(=O)O)c1ccccc1)c1cccs1. The van der Waals surface area contributed by atoms with Crippen LogP contribution in [0.1, 0.15) is 35.7 Å². The Labute approximate surface area is 149 Å². The van der Waals surface area contributed by atoms with Crippen LogP contribution in [0.4, 0.5) is 0 Å².